The van der Waals surface area contributed by atoms with Crippen LogP contribution in [0, 0.1) is 0 Å². The first-order valence-corrected chi connectivity index (χ1v) is 10.8. The fourth-order valence-corrected chi connectivity index (χ4v) is 5.29. The Balaban J connectivity index is 1.42. The summed E-state index contributed by atoms with van der Waals surface area (Å²) < 4.78 is 29.0. The lowest BCUT2D eigenvalue weighted by Gasteiger charge is -2.33. The average molecular weight is 375 g/mol. The van der Waals surface area contributed by atoms with Crippen molar-refractivity contribution < 1.29 is 8.42 Å². The van der Waals surface area contributed by atoms with Crippen molar-refractivity contribution in [3.05, 3.63) is 36.8 Å². The second-order valence-electron chi connectivity index (χ2n) is 7.02. The van der Waals surface area contributed by atoms with Crippen molar-refractivity contribution in [1.82, 2.24) is 19.1 Å². The summed E-state index contributed by atoms with van der Waals surface area (Å²) in [4.78, 5) is 6.97. The summed E-state index contributed by atoms with van der Waals surface area (Å²) in [6.07, 6.45) is 10.4. The number of hydrogen-bond donors (Lipinski definition) is 0. The third kappa shape index (κ3) is 3.48. The maximum atomic E-state index is 12.7. The highest BCUT2D eigenvalue weighted by Crippen LogP contribution is 2.26. The van der Waals surface area contributed by atoms with E-state index in [1.165, 1.54) is 6.20 Å². The second kappa shape index (κ2) is 7.36. The van der Waals surface area contributed by atoms with Crippen LogP contribution in [0.4, 0.5) is 5.82 Å². The van der Waals surface area contributed by atoms with Crippen LogP contribution in [0.3, 0.4) is 0 Å². The second-order valence-corrected chi connectivity index (χ2v) is 8.96. The van der Waals surface area contributed by atoms with E-state index < -0.39 is 10.0 Å². The number of pyridine rings is 1. The van der Waals surface area contributed by atoms with E-state index in [2.05, 4.69) is 15.0 Å². The Hall–Kier alpha value is -1.93. The van der Waals surface area contributed by atoms with E-state index in [0.717, 1.165) is 51.0 Å². The van der Waals surface area contributed by atoms with Gasteiger partial charge in [-0.15, -0.1) is 0 Å². The highest BCUT2D eigenvalue weighted by atomic mass is 32.2. The van der Waals surface area contributed by atoms with E-state index in [1.807, 2.05) is 29.2 Å². The monoisotopic (exact) mass is 375 g/mol. The minimum atomic E-state index is -3.41. The first kappa shape index (κ1) is 17.5. The molecule has 140 valence electrons. The third-order valence-electron chi connectivity index (χ3n) is 5.36. The van der Waals surface area contributed by atoms with E-state index in [-0.39, 0.29) is 0 Å². The van der Waals surface area contributed by atoms with Crippen molar-refractivity contribution in [2.75, 3.05) is 31.1 Å². The van der Waals surface area contributed by atoms with E-state index in [4.69, 9.17) is 0 Å². The van der Waals surface area contributed by atoms with Crippen molar-refractivity contribution >= 4 is 15.8 Å². The molecule has 2 saturated heterocycles. The quantitative estimate of drug-likeness (QED) is 0.820. The zero-order chi connectivity index (χ0) is 18.0. The molecule has 0 aromatic carbocycles. The number of nitrogens with zero attached hydrogens (tertiary/aromatic N) is 5. The summed E-state index contributed by atoms with van der Waals surface area (Å²) in [7, 11) is -3.41. The van der Waals surface area contributed by atoms with Crippen LogP contribution in [-0.4, -0.2) is 53.7 Å². The molecule has 4 heterocycles. The predicted molar refractivity (Wildman–Crippen MR) is 99.6 cm³/mol. The maximum Gasteiger partial charge on any atom is 0.244 e. The predicted octanol–water partition coefficient (Wildman–Crippen LogP) is 2.29. The van der Waals surface area contributed by atoms with Crippen molar-refractivity contribution in [1.29, 1.82) is 0 Å². The Morgan fingerprint density at radius 1 is 1.00 bits per heavy atom. The van der Waals surface area contributed by atoms with Gasteiger partial charge in [-0.05, 0) is 43.9 Å². The first-order chi connectivity index (χ1) is 12.6. The smallest absolute Gasteiger partial charge is 0.244 e. The van der Waals surface area contributed by atoms with Crippen LogP contribution in [0.25, 0.3) is 0 Å². The SMILES string of the molecule is O=S(=O)(c1ccc(N2CCC(n3cccn3)CC2)nc1)N1CCCCC1. The molecule has 0 amide bonds. The summed E-state index contributed by atoms with van der Waals surface area (Å²) in [6, 6.07) is 5.92. The fourth-order valence-electron chi connectivity index (χ4n) is 3.82. The van der Waals surface area contributed by atoms with Crippen LogP contribution < -0.4 is 4.90 Å². The van der Waals surface area contributed by atoms with Crippen LogP contribution in [0.1, 0.15) is 38.1 Å². The summed E-state index contributed by atoms with van der Waals surface area (Å²) >= 11 is 0. The molecule has 2 aliphatic heterocycles. The summed E-state index contributed by atoms with van der Waals surface area (Å²) in [6.45, 7) is 3.03. The Bertz CT molecular complexity index is 806. The fraction of sp³-hybridized carbons (Fsp3) is 0.556. The van der Waals surface area contributed by atoms with Crippen molar-refractivity contribution in [2.24, 2.45) is 0 Å². The molecule has 0 aliphatic carbocycles. The maximum absolute atomic E-state index is 12.7. The average Bonchev–Trinajstić information content (AvgIpc) is 3.24. The molecule has 0 N–H and O–H groups in total. The zero-order valence-electron chi connectivity index (χ0n) is 14.9. The van der Waals surface area contributed by atoms with Crippen LogP contribution in [0.15, 0.2) is 41.7 Å². The van der Waals surface area contributed by atoms with Crippen LogP contribution in [0.5, 0.6) is 0 Å². The standard InChI is InChI=1S/C18H25N5O2S/c24-26(25,22-10-2-1-3-11-22)17-5-6-18(19-15-17)21-13-7-16(8-14-21)23-12-4-9-20-23/h4-6,9,12,15-16H,1-3,7-8,10-11,13-14H2. The molecular formula is C18H25N5O2S. The van der Waals surface area contributed by atoms with Crippen LogP contribution in [-0.2, 0) is 10.0 Å². The van der Waals surface area contributed by atoms with E-state index >= 15 is 0 Å². The molecule has 0 radical (unpaired) electrons. The van der Waals surface area contributed by atoms with Gasteiger partial charge in [0, 0.05) is 44.8 Å². The molecule has 2 aliphatic rings. The van der Waals surface area contributed by atoms with Gasteiger partial charge in [-0.2, -0.15) is 9.40 Å². The van der Waals surface area contributed by atoms with Crippen LogP contribution in [0.2, 0.25) is 0 Å². The van der Waals surface area contributed by atoms with Gasteiger partial charge in [0.15, 0.2) is 0 Å². The molecule has 4 rings (SSSR count). The van der Waals surface area contributed by atoms with Gasteiger partial charge < -0.3 is 4.90 Å². The highest BCUT2D eigenvalue weighted by Gasteiger charge is 2.27. The largest absolute Gasteiger partial charge is 0.356 e. The highest BCUT2D eigenvalue weighted by molar-refractivity contribution is 7.89. The van der Waals surface area contributed by atoms with Gasteiger partial charge in [-0.3, -0.25) is 4.68 Å². The minimum absolute atomic E-state index is 0.301. The number of aromatic nitrogens is 3. The normalized spacial score (nSPS) is 20.4. The van der Waals surface area contributed by atoms with Crippen molar-refractivity contribution in [2.45, 2.75) is 43.0 Å². The Morgan fingerprint density at radius 3 is 2.38 bits per heavy atom. The molecule has 2 aromatic heterocycles. The molecule has 0 spiro atoms. The van der Waals surface area contributed by atoms with E-state index in [1.54, 1.807) is 10.4 Å². The molecule has 8 heteroatoms. The Labute approximate surface area is 154 Å². The summed E-state index contributed by atoms with van der Waals surface area (Å²) in [5.74, 6) is 0.849. The molecule has 2 fully saturated rings. The van der Waals surface area contributed by atoms with Gasteiger partial charge in [0.25, 0.3) is 0 Å². The summed E-state index contributed by atoms with van der Waals surface area (Å²) in [5, 5.41) is 4.33. The number of rotatable bonds is 4. The number of hydrogen-bond acceptors (Lipinski definition) is 5. The third-order valence-corrected chi connectivity index (χ3v) is 7.24. The van der Waals surface area contributed by atoms with Gasteiger partial charge in [0.05, 0.1) is 6.04 Å². The summed E-state index contributed by atoms with van der Waals surface area (Å²) in [5.41, 5.74) is 0. The minimum Gasteiger partial charge on any atom is -0.356 e. The van der Waals surface area contributed by atoms with E-state index in [0.29, 0.717) is 24.0 Å². The van der Waals surface area contributed by atoms with Crippen molar-refractivity contribution in [3.8, 4) is 0 Å². The topological polar surface area (TPSA) is 71.3 Å². The molecule has 26 heavy (non-hydrogen) atoms. The molecular weight excluding hydrogens is 350 g/mol. The molecule has 2 aromatic rings. The van der Waals surface area contributed by atoms with Crippen molar-refractivity contribution in [3.63, 3.8) is 0 Å². The molecule has 0 unspecified atom stereocenters. The van der Waals surface area contributed by atoms with Gasteiger partial charge >= 0.3 is 0 Å². The van der Waals surface area contributed by atoms with Gasteiger partial charge in [-0.25, -0.2) is 13.4 Å². The van der Waals surface area contributed by atoms with Crippen LogP contribution >= 0.6 is 0 Å². The molecule has 0 atom stereocenters. The van der Waals surface area contributed by atoms with Gasteiger partial charge in [-0.1, -0.05) is 6.42 Å². The number of piperidine rings is 2. The lowest BCUT2D eigenvalue weighted by Crippen LogP contribution is -2.36. The first-order valence-electron chi connectivity index (χ1n) is 9.35. The van der Waals surface area contributed by atoms with Gasteiger partial charge in [0.2, 0.25) is 10.0 Å². The number of sulfonamides is 1. The lowest BCUT2D eigenvalue weighted by atomic mass is 10.1. The molecule has 0 saturated carbocycles. The van der Waals surface area contributed by atoms with E-state index in [9.17, 15) is 8.42 Å². The Morgan fingerprint density at radius 2 is 1.77 bits per heavy atom. The number of anilines is 1. The van der Waals surface area contributed by atoms with Gasteiger partial charge in [0.1, 0.15) is 10.7 Å². The zero-order valence-corrected chi connectivity index (χ0v) is 15.7. The molecule has 0 bridgehead atoms. The lowest BCUT2D eigenvalue weighted by molar-refractivity contribution is 0.346. The molecule has 7 nitrogen and oxygen atoms in total. The Kier molecular flexibility index (Phi) is 4.95.